The SMILES string of the molecule is CCc1ccc2c(c1)NC(C)C(c1cccc(F)c1)O2. The number of ether oxygens (including phenoxy) is 1. The highest BCUT2D eigenvalue weighted by molar-refractivity contribution is 5.60. The summed E-state index contributed by atoms with van der Waals surface area (Å²) in [5.74, 6) is 0.597. The van der Waals surface area contributed by atoms with E-state index in [0.29, 0.717) is 0 Å². The summed E-state index contributed by atoms with van der Waals surface area (Å²) in [6.45, 7) is 4.18. The lowest BCUT2D eigenvalue weighted by atomic mass is 10.00. The smallest absolute Gasteiger partial charge is 0.144 e. The lowest BCUT2D eigenvalue weighted by Gasteiger charge is -2.33. The summed E-state index contributed by atoms with van der Waals surface area (Å²) < 4.78 is 19.4. The van der Waals surface area contributed by atoms with E-state index in [-0.39, 0.29) is 18.0 Å². The van der Waals surface area contributed by atoms with E-state index < -0.39 is 0 Å². The van der Waals surface area contributed by atoms with Crippen LogP contribution < -0.4 is 10.1 Å². The molecule has 0 spiro atoms. The molecule has 2 atom stereocenters. The van der Waals surface area contributed by atoms with Crippen molar-refractivity contribution in [2.45, 2.75) is 32.4 Å². The molecule has 3 rings (SSSR count). The van der Waals surface area contributed by atoms with Crippen molar-refractivity contribution >= 4 is 5.69 Å². The summed E-state index contributed by atoms with van der Waals surface area (Å²) in [5.41, 5.74) is 3.15. The number of fused-ring (bicyclic) bond motifs is 1. The molecule has 0 saturated heterocycles. The van der Waals surface area contributed by atoms with Crippen LogP contribution in [0.2, 0.25) is 0 Å². The highest BCUT2D eigenvalue weighted by Gasteiger charge is 2.27. The molecule has 2 unspecified atom stereocenters. The van der Waals surface area contributed by atoms with Gasteiger partial charge in [-0.1, -0.05) is 25.1 Å². The van der Waals surface area contributed by atoms with Gasteiger partial charge in [0.2, 0.25) is 0 Å². The summed E-state index contributed by atoms with van der Waals surface area (Å²) in [5, 5.41) is 3.46. The van der Waals surface area contributed by atoms with Gasteiger partial charge in [-0.2, -0.15) is 0 Å². The Morgan fingerprint density at radius 2 is 2.05 bits per heavy atom. The quantitative estimate of drug-likeness (QED) is 0.878. The molecule has 1 aliphatic rings. The van der Waals surface area contributed by atoms with Gasteiger partial charge in [0.15, 0.2) is 0 Å². The van der Waals surface area contributed by atoms with Gasteiger partial charge >= 0.3 is 0 Å². The number of halogens is 1. The van der Waals surface area contributed by atoms with Crippen molar-refractivity contribution in [1.82, 2.24) is 0 Å². The van der Waals surface area contributed by atoms with Gasteiger partial charge in [0.05, 0.1) is 11.7 Å². The second-order valence-corrected chi connectivity index (χ2v) is 5.21. The van der Waals surface area contributed by atoms with E-state index >= 15 is 0 Å². The zero-order chi connectivity index (χ0) is 14.1. The summed E-state index contributed by atoms with van der Waals surface area (Å²) in [6.07, 6.45) is 0.821. The third kappa shape index (κ3) is 2.36. The van der Waals surface area contributed by atoms with Crippen LogP contribution in [0.4, 0.5) is 10.1 Å². The third-order valence-corrected chi connectivity index (χ3v) is 3.72. The Balaban J connectivity index is 1.93. The van der Waals surface area contributed by atoms with Crippen LogP contribution in [0.1, 0.15) is 31.1 Å². The number of hydrogen-bond acceptors (Lipinski definition) is 2. The largest absolute Gasteiger partial charge is 0.481 e. The maximum absolute atomic E-state index is 13.4. The first-order valence-corrected chi connectivity index (χ1v) is 6.99. The molecule has 1 heterocycles. The number of aryl methyl sites for hydroxylation is 1. The van der Waals surface area contributed by atoms with E-state index in [1.807, 2.05) is 12.1 Å². The Labute approximate surface area is 118 Å². The summed E-state index contributed by atoms with van der Waals surface area (Å²) >= 11 is 0. The zero-order valence-corrected chi connectivity index (χ0v) is 11.7. The summed E-state index contributed by atoms with van der Waals surface area (Å²) in [6, 6.07) is 12.9. The molecule has 104 valence electrons. The van der Waals surface area contributed by atoms with Gasteiger partial charge in [0.1, 0.15) is 17.7 Å². The molecule has 2 aromatic carbocycles. The Kier molecular flexibility index (Phi) is 3.35. The lowest BCUT2D eigenvalue weighted by molar-refractivity contribution is 0.177. The monoisotopic (exact) mass is 271 g/mol. The van der Waals surface area contributed by atoms with Crippen LogP contribution in [0, 0.1) is 5.82 Å². The minimum Gasteiger partial charge on any atom is -0.481 e. The van der Waals surface area contributed by atoms with Crippen molar-refractivity contribution < 1.29 is 9.13 Å². The normalized spacial score (nSPS) is 20.8. The number of nitrogens with one attached hydrogen (secondary N) is 1. The van der Waals surface area contributed by atoms with Crippen LogP contribution in [0.15, 0.2) is 42.5 Å². The van der Waals surface area contributed by atoms with E-state index in [4.69, 9.17) is 4.74 Å². The molecule has 0 fully saturated rings. The van der Waals surface area contributed by atoms with Crippen molar-refractivity contribution in [3.63, 3.8) is 0 Å². The van der Waals surface area contributed by atoms with Gasteiger partial charge in [-0.3, -0.25) is 0 Å². The van der Waals surface area contributed by atoms with Crippen molar-refractivity contribution in [2.24, 2.45) is 0 Å². The standard InChI is InChI=1S/C17H18FNO/c1-3-12-7-8-16-15(9-12)19-11(2)17(20-16)13-5-4-6-14(18)10-13/h4-11,17,19H,3H2,1-2H3. The molecule has 0 saturated carbocycles. The molecule has 20 heavy (non-hydrogen) atoms. The predicted molar refractivity (Wildman–Crippen MR) is 78.7 cm³/mol. The fourth-order valence-corrected chi connectivity index (χ4v) is 2.61. The van der Waals surface area contributed by atoms with Crippen LogP contribution in [0.5, 0.6) is 5.75 Å². The molecule has 1 aliphatic heterocycles. The third-order valence-electron chi connectivity index (χ3n) is 3.72. The van der Waals surface area contributed by atoms with Gasteiger partial charge in [-0.05, 0) is 48.7 Å². The molecular weight excluding hydrogens is 253 g/mol. The van der Waals surface area contributed by atoms with E-state index in [1.165, 1.54) is 17.7 Å². The Hall–Kier alpha value is -2.03. The molecule has 0 aromatic heterocycles. The summed E-state index contributed by atoms with van der Waals surface area (Å²) in [7, 11) is 0. The van der Waals surface area contributed by atoms with Crippen LogP contribution in [0.3, 0.4) is 0 Å². The topological polar surface area (TPSA) is 21.3 Å². The number of benzene rings is 2. The van der Waals surface area contributed by atoms with Gasteiger partial charge < -0.3 is 10.1 Å². The van der Waals surface area contributed by atoms with Gasteiger partial charge in [-0.15, -0.1) is 0 Å². The van der Waals surface area contributed by atoms with E-state index in [9.17, 15) is 4.39 Å². The predicted octanol–water partition coefficient (Wildman–Crippen LogP) is 4.32. The van der Waals surface area contributed by atoms with Gasteiger partial charge in [-0.25, -0.2) is 4.39 Å². The maximum atomic E-state index is 13.4. The summed E-state index contributed by atoms with van der Waals surface area (Å²) in [4.78, 5) is 0. The van der Waals surface area contributed by atoms with Crippen molar-refractivity contribution in [3.05, 3.63) is 59.4 Å². The van der Waals surface area contributed by atoms with Crippen molar-refractivity contribution in [3.8, 4) is 5.75 Å². The molecule has 0 amide bonds. The fraction of sp³-hybridized carbons (Fsp3) is 0.294. The van der Waals surface area contributed by atoms with Crippen molar-refractivity contribution in [1.29, 1.82) is 0 Å². The zero-order valence-electron chi connectivity index (χ0n) is 11.7. The molecule has 2 nitrogen and oxygen atoms in total. The molecular formula is C17H18FNO. The van der Waals surface area contributed by atoms with Crippen LogP contribution in [-0.2, 0) is 6.42 Å². The van der Waals surface area contributed by atoms with Gasteiger partial charge in [0, 0.05) is 0 Å². The highest BCUT2D eigenvalue weighted by Crippen LogP contribution is 2.38. The average Bonchev–Trinajstić information content (AvgIpc) is 2.46. The second kappa shape index (κ2) is 5.16. The minimum absolute atomic E-state index is 0.0939. The number of rotatable bonds is 2. The molecule has 2 aromatic rings. The van der Waals surface area contributed by atoms with Crippen molar-refractivity contribution in [2.75, 3.05) is 5.32 Å². The fourth-order valence-electron chi connectivity index (χ4n) is 2.61. The first-order valence-electron chi connectivity index (χ1n) is 6.99. The first kappa shape index (κ1) is 13.0. The highest BCUT2D eigenvalue weighted by atomic mass is 19.1. The van der Waals surface area contributed by atoms with E-state index in [0.717, 1.165) is 23.4 Å². The molecule has 3 heteroatoms. The lowest BCUT2D eigenvalue weighted by Crippen LogP contribution is -2.32. The average molecular weight is 271 g/mol. The number of anilines is 1. The molecule has 1 N–H and O–H groups in total. The van der Waals surface area contributed by atoms with Crippen LogP contribution >= 0.6 is 0 Å². The maximum Gasteiger partial charge on any atom is 0.144 e. The Morgan fingerprint density at radius 3 is 2.80 bits per heavy atom. The van der Waals surface area contributed by atoms with Crippen LogP contribution in [-0.4, -0.2) is 6.04 Å². The van der Waals surface area contributed by atoms with E-state index in [2.05, 4.69) is 31.3 Å². The minimum atomic E-state index is -0.231. The Bertz CT molecular complexity index is 626. The number of hydrogen-bond donors (Lipinski definition) is 1. The molecule has 0 aliphatic carbocycles. The second-order valence-electron chi connectivity index (χ2n) is 5.21. The van der Waals surface area contributed by atoms with Gasteiger partial charge in [0.25, 0.3) is 0 Å². The van der Waals surface area contributed by atoms with Crippen LogP contribution in [0.25, 0.3) is 0 Å². The first-order chi connectivity index (χ1) is 9.67. The Morgan fingerprint density at radius 1 is 1.20 bits per heavy atom. The molecule has 0 radical (unpaired) electrons. The van der Waals surface area contributed by atoms with E-state index in [1.54, 1.807) is 6.07 Å². The molecule has 0 bridgehead atoms.